The molecule has 2 aromatic carbocycles. The highest BCUT2D eigenvalue weighted by Gasteiger charge is 2.12. The lowest BCUT2D eigenvalue weighted by Gasteiger charge is -2.14. The molecule has 0 atom stereocenters. The van der Waals surface area contributed by atoms with Crippen LogP contribution in [0, 0.1) is 0 Å². The molecule has 4 aromatic rings. The number of anilines is 1. The maximum absolute atomic E-state index is 13.0. The zero-order valence-electron chi connectivity index (χ0n) is 14.9. The zero-order valence-corrected chi connectivity index (χ0v) is 14.9. The summed E-state index contributed by atoms with van der Waals surface area (Å²) < 4.78 is 12.3. The number of rotatable bonds is 6. The third kappa shape index (κ3) is 3.55. The fourth-order valence-corrected chi connectivity index (χ4v) is 2.96. The summed E-state index contributed by atoms with van der Waals surface area (Å²) >= 11 is 0. The summed E-state index contributed by atoms with van der Waals surface area (Å²) in [5.41, 5.74) is 1.52. The van der Waals surface area contributed by atoms with Crippen LogP contribution >= 0.6 is 0 Å². The number of ether oxygens (including phenoxy) is 1. The van der Waals surface area contributed by atoms with Gasteiger partial charge in [-0.25, -0.2) is 4.98 Å². The molecule has 0 spiro atoms. The molecule has 4 rings (SSSR count). The Morgan fingerprint density at radius 1 is 1.07 bits per heavy atom. The van der Waals surface area contributed by atoms with Crippen molar-refractivity contribution in [3.63, 3.8) is 0 Å². The molecule has 0 unspecified atom stereocenters. The summed E-state index contributed by atoms with van der Waals surface area (Å²) in [5, 5.41) is 3.91. The Morgan fingerprint density at radius 2 is 1.89 bits per heavy atom. The molecule has 0 aliphatic rings. The Labute approximate surface area is 156 Å². The van der Waals surface area contributed by atoms with Crippen LogP contribution in [0.5, 0.6) is 5.75 Å². The van der Waals surface area contributed by atoms with E-state index in [2.05, 4.69) is 5.32 Å². The highest BCUT2D eigenvalue weighted by Crippen LogP contribution is 2.16. The van der Waals surface area contributed by atoms with Crippen molar-refractivity contribution in [1.82, 2.24) is 9.55 Å². The number of nitrogens with one attached hydrogen (secondary N) is 1. The van der Waals surface area contributed by atoms with Gasteiger partial charge in [0.25, 0.3) is 5.56 Å². The van der Waals surface area contributed by atoms with Gasteiger partial charge in [0, 0.05) is 5.69 Å². The first kappa shape index (κ1) is 16.9. The molecule has 0 aliphatic carbocycles. The van der Waals surface area contributed by atoms with Gasteiger partial charge in [0.15, 0.2) is 0 Å². The number of aromatic nitrogens is 2. The summed E-state index contributed by atoms with van der Waals surface area (Å²) in [5.74, 6) is 2.14. The predicted octanol–water partition coefficient (Wildman–Crippen LogP) is 3.66. The number of hydrogen-bond donors (Lipinski definition) is 1. The van der Waals surface area contributed by atoms with Crippen LogP contribution < -0.4 is 15.6 Å². The average Bonchev–Trinajstić information content (AvgIpc) is 3.22. The van der Waals surface area contributed by atoms with Crippen molar-refractivity contribution < 1.29 is 9.15 Å². The molecule has 2 aromatic heterocycles. The molecule has 27 heavy (non-hydrogen) atoms. The first-order chi connectivity index (χ1) is 13.2. The van der Waals surface area contributed by atoms with Crippen LogP contribution in [0.2, 0.25) is 0 Å². The third-order valence-electron chi connectivity index (χ3n) is 4.38. The fraction of sp³-hybridized carbons (Fsp3) is 0.143. The van der Waals surface area contributed by atoms with Crippen molar-refractivity contribution in [2.24, 2.45) is 0 Å². The molecule has 1 N–H and O–H groups in total. The van der Waals surface area contributed by atoms with E-state index >= 15 is 0 Å². The first-order valence-electron chi connectivity index (χ1n) is 8.63. The molecule has 0 fully saturated rings. The van der Waals surface area contributed by atoms with E-state index in [0.717, 1.165) is 11.4 Å². The topological polar surface area (TPSA) is 69.3 Å². The van der Waals surface area contributed by atoms with Gasteiger partial charge in [-0.2, -0.15) is 0 Å². The zero-order chi connectivity index (χ0) is 18.6. The molecule has 0 saturated heterocycles. The van der Waals surface area contributed by atoms with E-state index in [9.17, 15) is 4.79 Å². The number of para-hydroxylation sites is 1. The van der Waals surface area contributed by atoms with Crippen LogP contribution in [-0.2, 0) is 13.1 Å². The molecule has 0 saturated carbocycles. The summed E-state index contributed by atoms with van der Waals surface area (Å²) in [6.07, 6.45) is 1.60. The van der Waals surface area contributed by atoms with E-state index in [4.69, 9.17) is 14.1 Å². The molecule has 0 aliphatic heterocycles. The number of nitrogens with zero attached hydrogens (tertiary/aromatic N) is 2. The predicted molar refractivity (Wildman–Crippen MR) is 104 cm³/mol. The van der Waals surface area contributed by atoms with E-state index in [0.29, 0.717) is 35.6 Å². The molecule has 2 heterocycles. The molecule has 6 heteroatoms. The molecular weight excluding hydrogens is 342 g/mol. The summed E-state index contributed by atoms with van der Waals surface area (Å²) in [6, 6.07) is 18.6. The number of hydrogen-bond acceptors (Lipinski definition) is 5. The second-order valence-electron chi connectivity index (χ2n) is 6.10. The van der Waals surface area contributed by atoms with Crippen LogP contribution in [0.3, 0.4) is 0 Å². The minimum absolute atomic E-state index is 0.0801. The maximum atomic E-state index is 13.0. The summed E-state index contributed by atoms with van der Waals surface area (Å²) in [4.78, 5) is 17.7. The SMILES string of the molecule is COc1ccc(NCc2nc3ccccc3c(=O)n2Cc2ccco2)cc1. The highest BCUT2D eigenvalue weighted by atomic mass is 16.5. The Morgan fingerprint density at radius 3 is 2.63 bits per heavy atom. The molecule has 6 nitrogen and oxygen atoms in total. The van der Waals surface area contributed by atoms with Gasteiger partial charge < -0.3 is 14.5 Å². The van der Waals surface area contributed by atoms with Gasteiger partial charge in [0.2, 0.25) is 0 Å². The van der Waals surface area contributed by atoms with Gasteiger partial charge in [-0.05, 0) is 48.5 Å². The fourth-order valence-electron chi connectivity index (χ4n) is 2.96. The van der Waals surface area contributed by atoms with Crippen LogP contribution in [0.4, 0.5) is 5.69 Å². The largest absolute Gasteiger partial charge is 0.497 e. The smallest absolute Gasteiger partial charge is 0.261 e. The summed E-state index contributed by atoms with van der Waals surface area (Å²) in [6.45, 7) is 0.746. The van der Waals surface area contributed by atoms with Crippen molar-refractivity contribution >= 4 is 16.6 Å². The number of methoxy groups -OCH3 is 1. The van der Waals surface area contributed by atoms with Crippen molar-refractivity contribution in [3.8, 4) is 5.75 Å². The summed E-state index contributed by atoms with van der Waals surface area (Å²) in [7, 11) is 1.63. The Balaban J connectivity index is 1.69. The Bertz CT molecular complexity index is 1100. The maximum Gasteiger partial charge on any atom is 0.261 e. The van der Waals surface area contributed by atoms with Gasteiger partial charge in [-0.3, -0.25) is 9.36 Å². The number of benzene rings is 2. The van der Waals surface area contributed by atoms with Crippen LogP contribution in [-0.4, -0.2) is 16.7 Å². The van der Waals surface area contributed by atoms with E-state index in [-0.39, 0.29) is 5.56 Å². The monoisotopic (exact) mass is 361 g/mol. The van der Waals surface area contributed by atoms with Crippen molar-refractivity contribution in [2.45, 2.75) is 13.1 Å². The van der Waals surface area contributed by atoms with Crippen molar-refractivity contribution in [3.05, 3.63) is 88.9 Å². The van der Waals surface area contributed by atoms with Crippen molar-refractivity contribution in [1.29, 1.82) is 0 Å². The third-order valence-corrected chi connectivity index (χ3v) is 4.38. The van der Waals surface area contributed by atoms with Crippen LogP contribution in [0.1, 0.15) is 11.6 Å². The van der Waals surface area contributed by atoms with Gasteiger partial charge in [0.05, 0.1) is 37.4 Å². The minimum Gasteiger partial charge on any atom is -0.497 e. The van der Waals surface area contributed by atoms with E-state index in [1.807, 2.05) is 54.6 Å². The van der Waals surface area contributed by atoms with E-state index in [1.54, 1.807) is 24.0 Å². The molecule has 0 amide bonds. The van der Waals surface area contributed by atoms with Crippen molar-refractivity contribution in [2.75, 3.05) is 12.4 Å². The lowest BCUT2D eigenvalue weighted by molar-refractivity contribution is 0.415. The van der Waals surface area contributed by atoms with Crippen LogP contribution in [0.25, 0.3) is 10.9 Å². The van der Waals surface area contributed by atoms with Gasteiger partial charge in [-0.1, -0.05) is 12.1 Å². The van der Waals surface area contributed by atoms with Gasteiger partial charge in [0.1, 0.15) is 17.3 Å². The quantitative estimate of drug-likeness (QED) is 0.568. The van der Waals surface area contributed by atoms with Crippen LogP contribution in [0.15, 0.2) is 76.1 Å². The van der Waals surface area contributed by atoms with E-state index in [1.165, 1.54) is 0 Å². The lowest BCUT2D eigenvalue weighted by Crippen LogP contribution is -2.27. The molecule has 136 valence electrons. The Kier molecular flexibility index (Phi) is 4.61. The van der Waals surface area contributed by atoms with E-state index < -0.39 is 0 Å². The number of fused-ring (bicyclic) bond motifs is 1. The Hall–Kier alpha value is -3.54. The minimum atomic E-state index is -0.0801. The van der Waals surface area contributed by atoms with Gasteiger partial charge in [-0.15, -0.1) is 0 Å². The molecule has 0 radical (unpaired) electrons. The normalized spacial score (nSPS) is 10.9. The average molecular weight is 361 g/mol. The second kappa shape index (κ2) is 7.37. The molecule has 0 bridgehead atoms. The van der Waals surface area contributed by atoms with Gasteiger partial charge >= 0.3 is 0 Å². The molecular formula is C21H19N3O3. The lowest BCUT2D eigenvalue weighted by atomic mass is 10.2. The number of furan rings is 1. The first-order valence-corrected chi connectivity index (χ1v) is 8.63. The standard InChI is InChI=1S/C21H19N3O3/c1-26-16-10-8-15(9-11-16)22-13-20-23-19-7-3-2-6-18(19)21(25)24(20)14-17-5-4-12-27-17/h2-12,22H,13-14H2,1H3. The highest BCUT2D eigenvalue weighted by molar-refractivity contribution is 5.77. The second-order valence-corrected chi connectivity index (χ2v) is 6.10.